The number of methoxy groups -OCH3 is 2. The Morgan fingerprint density at radius 3 is 2.81 bits per heavy atom. The van der Waals surface area contributed by atoms with Crippen LogP contribution in [0.25, 0.3) is 0 Å². The SMILES string of the molecule is COc1ccc(OC)c(C(O)CNC(C)C2CCOC2)c1. The summed E-state index contributed by atoms with van der Waals surface area (Å²) in [5.74, 6) is 1.90. The molecule has 118 valence electrons. The highest BCUT2D eigenvalue weighted by atomic mass is 16.5. The Balaban J connectivity index is 1.97. The summed E-state index contributed by atoms with van der Waals surface area (Å²) >= 11 is 0. The van der Waals surface area contributed by atoms with E-state index in [1.807, 2.05) is 18.2 Å². The van der Waals surface area contributed by atoms with E-state index in [-0.39, 0.29) is 0 Å². The fourth-order valence-corrected chi connectivity index (χ4v) is 2.62. The maximum absolute atomic E-state index is 10.4. The lowest BCUT2D eigenvalue weighted by molar-refractivity contribution is 0.153. The molecule has 0 aliphatic carbocycles. The first-order valence-corrected chi connectivity index (χ1v) is 7.36. The second kappa shape index (κ2) is 7.64. The van der Waals surface area contributed by atoms with Gasteiger partial charge < -0.3 is 24.6 Å². The van der Waals surface area contributed by atoms with Crippen LogP contribution in [0.2, 0.25) is 0 Å². The second-order valence-electron chi connectivity index (χ2n) is 5.44. The molecule has 1 heterocycles. The van der Waals surface area contributed by atoms with Crippen LogP contribution in [0.5, 0.6) is 11.5 Å². The van der Waals surface area contributed by atoms with Gasteiger partial charge in [-0.1, -0.05) is 0 Å². The van der Waals surface area contributed by atoms with Crippen molar-refractivity contribution in [2.24, 2.45) is 5.92 Å². The Bertz CT molecular complexity index is 446. The van der Waals surface area contributed by atoms with Crippen molar-refractivity contribution in [3.63, 3.8) is 0 Å². The molecular weight excluding hydrogens is 270 g/mol. The maximum atomic E-state index is 10.4. The molecule has 1 saturated heterocycles. The van der Waals surface area contributed by atoms with Gasteiger partial charge in [0.15, 0.2) is 0 Å². The highest BCUT2D eigenvalue weighted by molar-refractivity contribution is 5.41. The van der Waals surface area contributed by atoms with Gasteiger partial charge in [0, 0.05) is 24.8 Å². The molecule has 0 spiro atoms. The minimum absolute atomic E-state index is 0.318. The van der Waals surface area contributed by atoms with Gasteiger partial charge in [-0.15, -0.1) is 0 Å². The van der Waals surface area contributed by atoms with Crippen molar-refractivity contribution in [3.05, 3.63) is 23.8 Å². The van der Waals surface area contributed by atoms with Crippen LogP contribution < -0.4 is 14.8 Å². The van der Waals surface area contributed by atoms with Gasteiger partial charge in [-0.3, -0.25) is 0 Å². The first-order chi connectivity index (χ1) is 10.2. The van der Waals surface area contributed by atoms with E-state index in [4.69, 9.17) is 14.2 Å². The van der Waals surface area contributed by atoms with E-state index in [0.717, 1.165) is 25.2 Å². The lowest BCUT2D eigenvalue weighted by Crippen LogP contribution is -2.36. The Hall–Kier alpha value is -1.30. The van der Waals surface area contributed by atoms with Gasteiger partial charge in [-0.2, -0.15) is 0 Å². The summed E-state index contributed by atoms with van der Waals surface area (Å²) in [6, 6.07) is 5.76. The van der Waals surface area contributed by atoms with Crippen molar-refractivity contribution in [1.82, 2.24) is 5.32 Å². The zero-order chi connectivity index (χ0) is 15.2. The van der Waals surface area contributed by atoms with E-state index in [0.29, 0.717) is 30.0 Å². The quantitative estimate of drug-likeness (QED) is 0.802. The largest absolute Gasteiger partial charge is 0.497 e. The molecule has 3 unspecified atom stereocenters. The van der Waals surface area contributed by atoms with Crippen LogP contribution in [-0.2, 0) is 4.74 Å². The van der Waals surface area contributed by atoms with Crippen molar-refractivity contribution in [1.29, 1.82) is 0 Å². The number of hydrogen-bond acceptors (Lipinski definition) is 5. The molecule has 3 atom stereocenters. The lowest BCUT2D eigenvalue weighted by Gasteiger charge is -2.22. The van der Waals surface area contributed by atoms with Crippen molar-refractivity contribution in [2.45, 2.75) is 25.5 Å². The maximum Gasteiger partial charge on any atom is 0.124 e. The van der Waals surface area contributed by atoms with Crippen LogP contribution in [0, 0.1) is 5.92 Å². The zero-order valence-corrected chi connectivity index (χ0v) is 13.0. The van der Waals surface area contributed by atoms with Crippen LogP contribution >= 0.6 is 0 Å². The van der Waals surface area contributed by atoms with Crippen molar-refractivity contribution < 1.29 is 19.3 Å². The van der Waals surface area contributed by atoms with Crippen molar-refractivity contribution >= 4 is 0 Å². The van der Waals surface area contributed by atoms with Crippen LogP contribution in [0.4, 0.5) is 0 Å². The number of hydrogen-bond donors (Lipinski definition) is 2. The number of benzene rings is 1. The normalized spacial score (nSPS) is 21.0. The van der Waals surface area contributed by atoms with Crippen LogP contribution in [0.1, 0.15) is 25.0 Å². The Kier molecular flexibility index (Phi) is 5.85. The molecule has 0 radical (unpaired) electrons. The van der Waals surface area contributed by atoms with E-state index < -0.39 is 6.10 Å². The average Bonchev–Trinajstić information content (AvgIpc) is 3.06. The number of aliphatic hydroxyl groups is 1. The molecule has 2 N–H and O–H groups in total. The average molecular weight is 295 g/mol. The summed E-state index contributed by atoms with van der Waals surface area (Å²) in [5.41, 5.74) is 0.735. The highest BCUT2D eigenvalue weighted by Crippen LogP contribution is 2.29. The molecule has 5 nitrogen and oxygen atoms in total. The van der Waals surface area contributed by atoms with Gasteiger partial charge in [-0.25, -0.2) is 0 Å². The van der Waals surface area contributed by atoms with E-state index in [9.17, 15) is 5.11 Å². The van der Waals surface area contributed by atoms with E-state index in [1.165, 1.54) is 0 Å². The molecule has 5 heteroatoms. The fourth-order valence-electron chi connectivity index (χ4n) is 2.62. The molecular formula is C16H25NO4. The molecule has 0 aromatic heterocycles. The summed E-state index contributed by atoms with van der Waals surface area (Å²) in [6.45, 7) is 4.24. The van der Waals surface area contributed by atoms with E-state index in [1.54, 1.807) is 14.2 Å². The van der Waals surface area contributed by atoms with Crippen LogP contribution in [0.15, 0.2) is 18.2 Å². The molecule has 1 fully saturated rings. The number of ether oxygens (including phenoxy) is 3. The van der Waals surface area contributed by atoms with E-state index in [2.05, 4.69) is 12.2 Å². The smallest absolute Gasteiger partial charge is 0.124 e. The summed E-state index contributed by atoms with van der Waals surface area (Å²) in [6.07, 6.45) is 0.437. The minimum atomic E-state index is -0.639. The monoisotopic (exact) mass is 295 g/mol. The topological polar surface area (TPSA) is 60.0 Å². The molecule has 0 bridgehead atoms. The predicted molar refractivity (Wildman–Crippen MR) is 80.9 cm³/mol. The lowest BCUT2D eigenvalue weighted by atomic mass is 10.00. The summed E-state index contributed by atoms with van der Waals surface area (Å²) in [5, 5.41) is 13.8. The Morgan fingerprint density at radius 1 is 1.38 bits per heavy atom. The van der Waals surface area contributed by atoms with Crippen LogP contribution in [-0.4, -0.2) is 45.1 Å². The van der Waals surface area contributed by atoms with Gasteiger partial charge in [0.2, 0.25) is 0 Å². The van der Waals surface area contributed by atoms with Gasteiger partial charge in [-0.05, 0) is 37.5 Å². The van der Waals surface area contributed by atoms with Gasteiger partial charge in [0.1, 0.15) is 11.5 Å². The molecule has 1 aliphatic rings. The second-order valence-corrected chi connectivity index (χ2v) is 5.44. The number of rotatable bonds is 7. The molecule has 1 aromatic rings. The highest BCUT2D eigenvalue weighted by Gasteiger charge is 2.23. The Morgan fingerprint density at radius 2 is 2.19 bits per heavy atom. The first-order valence-electron chi connectivity index (χ1n) is 7.36. The van der Waals surface area contributed by atoms with Crippen LogP contribution in [0.3, 0.4) is 0 Å². The van der Waals surface area contributed by atoms with Gasteiger partial charge in [0.05, 0.1) is 26.9 Å². The van der Waals surface area contributed by atoms with Gasteiger partial charge >= 0.3 is 0 Å². The standard InChI is InChI=1S/C16H25NO4/c1-11(12-6-7-21-10-12)17-9-15(18)14-8-13(19-2)4-5-16(14)20-3/h4-5,8,11-12,15,17-18H,6-7,9-10H2,1-3H3. The van der Waals surface area contributed by atoms with E-state index >= 15 is 0 Å². The molecule has 2 rings (SSSR count). The predicted octanol–water partition coefficient (Wildman–Crippen LogP) is 1.75. The third kappa shape index (κ3) is 4.09. The fraction of sp³-hybridized carbons (Fsp3) is 0.625. The number of nitrogens with one attached hydrogen (secondary N) is 1. The van der Waals surface area contributed by atoms with Crippen molar-refractivity contribution in [2.75, 3.05) is 34.0 Å². The molecule has 0 amide bonds. The summed E-state index contributed by atoms with van der Waals surface area (Å²) < 4.78 is 15.9. The van der Waals surface area contributed by atoms with Crippen molar-refractivity contribution in [3.8, 4) is 11.5 Å². The Labute approximate surface area is 126 Å². The first kappa shape index (κ1) is 16.1. The molecule has 1 aliphatic heterocycles. The minimum Gasteiger partial charge on any atom is -0.497 e. The third-order valence-electron chi connectivity index (χ3n) is 4.10. The summed E-state index contributed by atoms with van der Waals surface area (Å²) in [4.78, 5) is 0. The number of aliphatic hydroxyl groups excluding tert-OH is 1. The molecule has 0 saturated carbocycles. The molecule has 21 heavy (non-hydrogen) atoms. The van der Waals surface area contributed by atoms with Gasteiger partial charge in [0.25, 0.3) is 0 Å². The zero-order valence-electron chi connectivity index (χ0n) is 13.0. The summed E-state index contributed by atoms with van der Waals surface area (Å²) in [7, 11) is 3.21. The molecule has 1 aromatic carbocycles. The third-order valence-corrected chi connectivity index (χ3v) is 4.10.